The molecule has 1 aromatic rings. The number of carbonyl (C=O) groups is 1. The number of rotatable bonds is 5. The zero-order valence-corrected chi connectivity index (χ0v) is 13.6. The lowest BCUT2D eigenvalue weighted by molar-refractivity contribution is -0.132. The summed E-state index contributed by atoms with van der Waals surface area (Å²) in [7, 11) is 1.93. The van der Waals surface area contributed by atoms with Gasteiger partial charge in [-0.15, -0.1) is 11.3 Å². The number of aryl methyl sites for hydroxylation is 1. The number of hydrogen-bond donors (Lipinski definition) is 1. The normalized spacial score (nSPS) is 20.6. The van der Waals surface area contributed by atoms with Crippen LogP contribution >= 0.6 is 11.3 Å². The third kappa shape index (κ3) is 4.06. The Labute approximate surface area is 126 Å². The summed E-state index contributed by atoms with van der Waals surface area (Å²) >= 11 is 1.78. The van der Waals surface area contributed by atoms with Crippen molar-refractivity contribution in [1.29, 1.82) is 0 Å². The van der Waals surface area contributed by atoms with Crippen LogP contribution in [0.1, 0.15) is 54.8 Å². The summed E-state index contributed by atoms with van der Waals surface area (Å²) in [6.45, 7) is 5.33. The van der Waals surface area contributed by atoms with E-state index in [1.165, 1.54) is 29.0 Å². The SMILES string of the molecule is Cc1ccc(C(C)N(C)C(=O)CCC2CCCCN2)s1. The molecule has 0 aromatic carbocycles. The van der Waals surface area contributed by atoms with Crippen LogP contribution in [-0.2, 0) is 4.79 Å². The van der Waals surface area contributed by atoms with Gasteiger partial charge in [0.25, 0.3) is 0 Å². The molecule has 112 valence electrons. The molecular formula is C16H26N2OS. The van der Waals surface area contributed by atoms with Crippen LogP contribution < -0.4 is 5.32 Å². The molecule has 2 atom stereocenters. The Bertz CT molecular complexity index is 437. The number of nitrogens with one attached hydrogen (secondary N) is 1. The minimum atomic E-state index is 0.181. The van der Waals surface area contributed by atoms with Gasteiger partial charge in [0.2, 0.25) is 5.91 Å². The van der Waals surface area contributed by atoms with Gasteiger partial charge < -0.3 is 10.2 Å². The number of nitrogens with zero attached hydrogens (tertiary/aromatic N) is 1. The summed E-state index contributed by atoms with van der Waals surface area (Å²) in [6.07, 6.45) is 5.42. The standard InChI is InChI=1S/C16H26N2OS/c1-12-7-9-15(20-12)13(2)18(3)16(19)10-8-14-6-4-5-11-17-14/h7,9,13-14,17H,4-6,8,10-11H2,1-3H3. The average Bonchev–Trinajstić information content (AvgIpc) is 2.91. The van der Waals surface area contributed by atoms with Gasteiger partial charge in [0.05, 0.1) is 6.04 Å². The maximum atomic E-state index is 12.3. The second-order valence-electron chi connectivity index (χ2n) is 5.81. The van der Waals surface area contributed by atoms with Crippen molar-refractivity contribution in [3.8, 4) is 0 Å². The average molecular weight is 294 g/mol. The highest BCUT2D eigenvalue weighted by molar-refractivity contribution is 7.12. The maximum Gasteiger partial charge on any atom is 0.222 e. The van der Waals surface area contributed by atoms with Gasteiger partial charge in [-0.05, 0) is 51.8 Å². The van der Waals surface area contributed by atoms with Crippen molar-refractivity contribution in [1.82, 2.24) is 10.2 Å². The van der Waals surface area contributed by atoms with Crippen LogP contribution in [0.3, 0.4) is 0 Å². The van der Waals surface area contributed by atoms with E-state index in [0.717, 1.165) is 13.0 Å². The minimum Gasteiger partial charge on any atom is -0.338 e. The van der Waals surface area contributed by atoms with E-state index < -0.39 is 0 Å². The van der Waals surface area contributed by atoms with Crippen LogP contribution in [0.2, 0.25) is 0 Å². The second-order valence-corrected chi connectivity index (χ2v) is 7.13. The quantitative estimate of drug-likeness (QED) is 0.901. The van der Waals surface area contributed by atoms with Gasteiger partial charge in [-0.25, -0.2) is 0 Å². The highest BCUT2D eigenvalue weighted by Crippen LogP contribution is 2.27. The molecule has 0 saturated carbocycles. The molecule has 0 spiro atoms. The van der Waals surface area contributed by atoms with Crippen molar-refractivity contribution in [3.63, 3.8) is 0 Å². The smallest absolute Gasteiger partial charge is 0.222 e. The summed E-state index contributed by atoms with van der Waals surface area (Å²) in [6, 6.07) is 4.98. The van der Waals surface area contributed by atoms with Gasteiger partial charge in [0, 0.05) is 29.3 Å². The summed E-state index contributed by atoms with van der Waals surface area (Å²) in [5.74, 6) is 0.260. The molecule has 2 unspecified atom stereocenters. The van der Waals surface area contributed by atoms with Gasteiger partial charge in [0.15, 0.2) is 0 Å². The molecule has 0 radical (unpaired) electrons. The second kappa shape index (κ2) is 7.23. The zero-order valence-electron chi connectivity index (χ0n) is 12.8. The molecule has 3 nitrogen and oxygen atoms in total. The number of piperidine rings is 1. The molecule has 0 aliphatic carbocycles. The van der Waals surface area contributed by atoms with Crippen LogP contribution in [0.25, 0.3) is 0 Å². The summed E-state index contributed by atoms with van der Waals surface area (Å²) in [5, 5.41) is 3.51. The first-order valence-electron chi connectivity index (χ1n) is 7.63. The lowest BCUT2D eigenvalue weighted by Crippen LogP contribution is -2.36. The molecule has 4 heteroatoms. The van der Waals surface area contributed by atoms with Gasteiger partial charge in [0.1, 0.15) is 0 Å². The molecule has 2 heterocycles. The predicted octanol–water partition coefficient (Wildman–Crippen LogP) is 3.50. The van der Waals surface area contributed by atoms with Crippen molar-refractivity contribution >= 4 is 17.2 Å². The highest BCUT2D eigenvalue weighted by atomic mass is 32.1. The molecule has 1 aliphatic rings. The first-order chi connectivity index (χ1) is 9.58. The van der Waals surface area contributed by atoms with Crippen LogP contribution in [0.5, 0.6) is 0 Å². The van der Waals surface area contributed by atoms with E-state index in [-0.39, 0.29) is 11.9 Å². The van der Waals surface area contributed by atoms with Crippen molar-refractivity contribution in [2.45, 2.75) is 58.0 Å². The Balaban J connectivity index is 1.81. The van der Waals surface area contributed by atoms with E-state index in [0.29, 0.717) is 12.5 Å². The van der Waals surface area contributed by atoms with Crippen LogP contribution in [0.4, 0.5) is 0 Å². The summed E-state index contributed by atoms with van der Waals surface area (Å²) < 4.78 is 0. The van der Waals surface area contributed by atoms with Gasteiger partial charge >= 0.3 is 0 Å². The molecule has 1 aliphatic heterocycles. The first kappa shape index (κ1) is 15.5. The fraction of sp³-hybridized carbons (Fsp3) is 0.688. The molecule has 20 heavy (non-hydrogen) atoms. The largest absolute Gasteiger partial charge is 0.338 e. The molecule has 1 aromatic heterocycles. The minimum absolute atomic E-state index is 0.181. The molecule has 0 bridgehead atoms. The Morgan fingerprint density at radius 1 is 1.50 bits per heavy atom. The summed E-state index contributed by atoms with van der Waals surface area (Å²) in [4.78, 5) is 16.8. The van der Waals surface area contributed by atoms with E-state index in [4.69, 9.17) is 0 Å². The van der Waals surface area contributed by atoms with Gasteiger partial charge in [-0.1, -0.05) is 6.42 Å². The number of carbonyl (C=O) groups excluding carboxylic acids is 1. The fourth-order valence-electron chi connectivity index (χ4n) is 2.73. The number of hydrogen-bond acceptors (Lipinski definition) is 3. The Morgan fingerprint density at radius 2 is 2.30 bits per heavy atom. The molecule has 1 N–H and O–H groups in total. The maximum absolute atomic E-state index is 12.3. The highest BCUT2D eigenvalue weighted by Gasteiger charge is 2.20. The van der Waals surface area contributed by atoms with E-state index in [1.54, 1.807) is 11.3 Å². The topological polar surface area (TPSA) is 32.3 Å². The first-order valence-corrected chi connectivity index (χ1v) is 8.45. The fourth-order valence-corrected chi connectivity index (χ4v) is 3.70. The van der Waals surface area contributed by atoms with Crippen molar-refractivity contribution in [2.75, 3.05) is 13.6 Å². The monoisotopic (exact) mass is 294 g/mol. The Hall–Kier alpha value is -0.870. The molecule has 1 fully saturated rings. The molecular weight excluding hydrogens is 268 g/mol. The lowest BCUT2D eigenvalue weighted by atomic mass is 10.00. The molecule has 1 saturated heterocycles. The number of amides is 1. The van der Waals surface area contributed by atoms with Crippen LogP contribution in [-0.4, -0.2) is 30.4 Å². The van der Waals surface area contributed by atoms with E-state index >= 15 is 0 Å². The zero-order chi connectivity index (χ0) is 14.5. The van der Waals surface area contributed by atoms with Gasteiger partial charge in [-0.2, -0.15) is 0 Å². The lowest BCUT2D eigenvalue weighted by Gasteiger charge is -2.27. The Kier molecular flexibility index (Phi) is 5.61. The van der Waals surface area contributed by atoms with Gasteiger partial charge in [-0.3, -0.25) is 4.79 Å². The van der Waals surface area contributed by atoms with Crippen LogP contribution in [0.15, 0.2) is 12.1 Å². The van der Waals surface area contributed by atoms with Crippen LogP contribution in [0, 0.1) is 6.92 Å². The molecule has 1 amide bonds. The van der Waals surface area contributed by atoms with Crippen molar-refractivity contribution in [2.24, 2.45) is 0 Å². The van der Waals surface area contributed by atoms with E-state index in [2.05, 4.69) is 31.3 Å². The van der Waals surface area contributed by atoms with Crippen molar-refractivity contribution < 1.29 is 4.79 Å². The van der Waals surface area contributed by atoms with E-state index in [9.17, 15) is 4.79 Å². The Morgan fingerprint density at radius 3 is 2.90 bits per heavy atom. The predicted molar refractivity (Wildman–Crippen MR) is 85.1 cm³/mol. The third-order valence-corrected chi connectivity index (χ3v) is 5.44. The number of thiophene rings is 1. The molecule has 2 rings (SSSR count). The summed E-state index contributed by atoms with van der Waals surface area (Å²) in [5.41, 5.74) is 0. The van der Waals surface area contributed by atoms with Crippen molar-refractivity contribution in [3.05, 3.63) is 21.9 Å². The van der Waals surface area contributed by atoms with E-state index in [1.807, 2.05) is 11.9 Å². The third-order valence-electron chi connectivity index (χ3n) is 4.27.